The third-order valence-corrected chi connectivity index (χ3v) is 3.93. The van der Waals surface area contributed by atoms with Gasteiger partial charge in [-0.3, -0.25) is 4.79 Å². The maximum Gasteiger partial charge on any atom is 0.344 e. The molecule has 0 aliphatic carbocycles. The Balaban J connectivity index is 2.11. The van der Waals surface area contributed by atoms with Gasteiger partial charge in [0.05, 0.1) is 5.39 Å². The van der Waals surface area contributed by atoms with Crippen molar-refractivity contribution in [2.24, 2.45) is 0 Å². The van der Waals surface area contributed by atoms with Gasteiger partial charge in [0.2, 0.25) is 0 Å². The molecular formula is C20H12O3. The predicted octanol–water partition coefficient (Wildman–Crippen LogP) is 4.18. The molecule has 0 amide bonds. The Bertz CT molecular complexity index is 1090. The van der Waals surface area contributed by atoms with Gasteiger partial charge < -0.3 is 4.42 Å². The topological polar surface area (TPSA) is 47.3 Å². The molecule has 0 saturated carbocycles. The minimum Gasteiger partial charge on any atom is -0.422 e. The SMILES string of the molecule is O=C(c1ccccc1)c1cccc2oc(=O)c3ccccc3c12. The van der Waals surface area contributed by atoms with E-state index in [0.29, 0.717) is 27.5 Å². The molecule has 3 nitrogen and oxygen atoms in total. The van der Waals surface area contributed by atoms with E-state index in [-0.39, 0.29) is 5.78 Å². The predicted molar refractivity (Wildman–Crippen MR) is 89.9 cm³/mol. The number of benzene rings is 3. The van der Waals surface area contributed by atoms with Crippen LogP contribution in [-0.2, 0) is 0 Å². The number of rotatable bonds is 2. The average Bonchev–Trinajstić information content (AvgIpc) is 2.61. The molecule has 0 N–H and O–H groups in total. The van der Waals surface area contributed by atoms with Crippen molar-refractivity contribution in [2.75, 3.05) is 0 Å². The van der Waals surface area contributed by atoms with Crippen LogP contribution in [0.15, 0.2) is 82.0 Å². The Hall–Kier alpha value is -3.20. The Kier molecular flexibility index (Phi) is 3.05. The van der Waals surface area contributed by atoms with Gasteiger partial charge in [0.15, 0.2) is 5.78 Å². The Labute approximate surface area is 131 Å². The first-order chi connectivity index (χ1) is 11.3. The highest BCUT2D eigenvalue weighted by Gasteiger charge is 2.16. The fourth-order valence-corrected chi connectivity index (χ4v) is 2.86. The van der Waals surface area contributed by atoms with E-state index in [1.54, 1.807) is 42.5 Å². The maximum absolute atomic E-state index is 12.9. The summed E-state index contributed by atoms with van der Waals surface area (Å²) in [6.45, 7) is 0. The van der Waals surface area contributed by atoms with Crippen LogP contribution in [0.1, 0.15) is 15.9 Å². The molecule has 0 spiro atoms. The van der Waals surface area contributed by atoms with Crippen LogP contribution in [0.5, 0.6) is 0 Å². The highest BCUT2D eigenvalue weighted by atomic mass is 16.4. The lowest BCUT2D eigenvalue weighted by Gasteiger charge is -2.08. The molecule has 3 heteroatoms. The van der Waals surface area contributed by atoms with E-state index in [9.17, 15) is 9.59 Å². The molecule has 110 valence electrons. The van der Waals surface area contributed by atoms with Crippen molar-refractivity contribution in [1.29, 1.82) is 0 Å². The molecule has 0 saturated heterocycles. The summed E-state index contributed by atoms with van der Waals surface area (Å²) in [5.74, 6) is -0.0878. The second-order valence-corrected chi connectivity index (χ2v) is 5.31. The van der Waals surface area contributed by atoms with E-state index in [1.807, 2.05) is 30.3 Å². The first kappa shape index (κ1) is 13.5. The summed E-state index contributed by atoms with van der Waals surface area (Å²) in [7, 11) is 0. The molecule has 0 bridgehead atoms. The maximum atomic E-state index is 12.9. The van der Waals surface area contributed by atoms with E-state index in [4.69, 9.17) is 4.42 Å². The summed E-state index contributed by atoms with van der Waals surface area (Å²) in [5.41, 5.74) is 1.18. The van der Waals surface area contributed by atoms with Gasteiger partial charge in [-0.15, -0.1) is 0 Å². The van der Waals surface area contributed by atoms with Gasteiger partial charge in [0.25, 0.3) is 0 Å². The van der Waals surface area contributed by atoms with Crippen LogP contribution >= 0.6 is 0 Å². The fraction of sp³-hybridized carbons (Fsp3) is 0. The quantitative estimate of drug-likeness (QED) is 0.317. The molecule has 0 radical (unpaired) electrons. The largest absolute Gasteiger partial charge is 0.422 e. The summed E-state index contributed by atoms with van der Waals surface area (Å²) in [6, 6.07) is 21.5. The van der Waals surface area contributed by atoms with Crippen LogP contribution in [0.2, 0.25) is 0 Å². The highest BCUT2D eigenvalue weighted by Crippen LogP contribution is 2.27. The smallest absolute Gasteiger partial charge is 0.344 e. The van der Waals surface area contributed by atoms with E-state index in [2.05, 4.69) is 0 Å². The number of hydrogen-bond donors (Lipinski definition) is 0. The van der Waals surface area contributed by atoms with Gasteiger partial charge in [-0.2, -0.15) is 0 Å². The molecule has 0 fully saturated rings. The summed E-state index contributed by atoms with van der Waals surface area (Å²) in [4.78, 5) is 25.0. The van der Waals surface area contributed by atoms with Crippen molar-refractivity contribution < 1.29 is 9.21 Å². The van der Waals surface area contributed by atoms with Crippen LogP contribution in [0.25, 0.3) is 21.7 Å². The van der Waals surface area contributed by atoms with E-state index < -0.39 is 5.63 Å². The zero-order valence-electron chi connectivity index (χ0n) is 12.2. The molecule has 23 heavy (non-hydrogen) atoms. The van der Waals surface area contributed by atoms with Crippen LogP contribution in [0, 0.1) is 0 Å². The molecule has 4 aromatic rings. The third kappa shape index (κ3) is 2.14. The molecular weight excluding hydrogens is 288 g/mol. The van der Waals surface area contributed by atoms with E-state index in [1.165, 1.54) is 0 Å². The number of carbonyl (C=O) groups is 1. The number of carbonyl (C=O) groups excluding carboxylic acids is 1. The number of ketones is 1. The first-order valence-electron chi connectivity index (χ1n) is 7.30. The van der Waals surface area contributed by atoms with Crippen molar-refractivity contribution >= 4 is 27.5 Å². The summed E-state index contributed by atoms with van der Waals surface area (Å²) in [6.07, 6.45) is 0. The lowest BCUT2D eigenvalue weighted by Crippen LogP contribution is -2.05. The lowest BCUT2D eigenvalue weighted by molar-refractivity contribution is 0.104. The molecule has 0 aliphatic rings. The normalized spacial score (nSPS) is 11.0. The van der Waals surface area contributed by atoms with Gasteiger partial charge in [-0.05, 0) is 12.1 Å². The second kappa shape index (κ2) is 5.21. The Morgan fingerprint density at radius 3 is 2.22 bits per heavy atom. The van der Waals surface area contributed by atoms with Crippen LogP contribution < -0.4 is 5.63 Å². The zero-order valence-corrected chi connectivity index (χ0v) is 12.2. The fourth-order valence-electron chi connectivity index (χ4n) is 2.86. The van der Waals surface area contributed by atoms with Gasteiger partial charge >= 0.3 is 5.63 Å². The van der Waals surface area contributed by atoms with E-state index >= 15 is 0 Å². The monoisotopic (exact) mass is 300 g/mol. The van der Waals surface area contributed by atoms with Crippen molar-refractivity contribution in [1.82, 2.24) is 0 Å². The van der Waals surface area contributed by atoms with E-state index in [0.717, 1.165) is 5.39 Å². The summed E-state index contributed by atoms with van der Waals surface area (Å²) < 4.78 is 5.39. The zero-order chi connectivity index (χ0) is 15.8. The van der Waals surface area contributed by atoms with Gasteiger partial charge in [0, 0.05) is 21.9 Å². The lowest BCUT2D eigenvalue weighted by atomic mass is 9.96. The summed E-state index contributed by atoms with van der Waals surface area (Å²) in [5, 5.41) is 1.89. The Morgan fingerprint density at radius 1 is 0.739 bits per heavy atom. The number of fused-ring (bicyclic) bond motifs is 3. The van der Waals surface area contributed by atoms with Crippen LogP contribution in [-0.4, -0.2) is 5.78 Å². The Morgan fingerprint density at radius 2 is 1.43 bits per heavy atom. The molecule has 0 aliphatic heterocycles. The van der Waals surface area contributed by atoms with Crippen molar-refractivity contribution in [3.63, 3.8) is 0 Å². The minimum atomic E-state index is -0.391. The highest BCUT2D eigenvalue weighted by molar-refractivity contribution is 6.21. The van der Waals surface area contributed by atoms with Crippen molar-refractivity contribution in [3.05, 3.63) is 94.3 Å². The molecule has 0 atom stereocenters. The van der Waals surface area contributed by atoms with Gasteiger partial charge in [-0.1, -0.05) is 60.7 Å². The molecule has 1 heterocycles. The average molecular weight is 300 g/mol. The molecule has 4 rings (SSSR count). The number of hydrogen-bond acceptors (Lipinski definition) is 3. The molecule has 3 aromatic carbocycles. The van der Waals surface area contributed by atoms with Crippen molar-refractivity contribution in [3.8, 4) is 0 Å². The van der Waals surface area contributed by atoms with Gasteiger partial charge in [0.1, 0.15) is 5.58 Å². The van der Waals surface area contributed by atoms with Crippen LogP contribution in [0.3, 0.4) is 0 Å². The second-order valence-electron chi connectivity index (χ2n) is 5.31. The minimum absolute atomic E-state index is 0.0878. The third-order valence-electron chi connectivity index (χ3n) is 3.93. The van der Waals surface area contributed by atoms with Crippen molar-refractivity contribution in [2.45, 2.75) is 0 Å². The van der Waals surface area contributed by atoms with Gasteiger partial charge in [-0.25, -0.2) is 4.79 Å². The molecule has 1 aromatic heterocycles. The standard InChI is InChI=1S/C20H12O3/c21-19(13-7-2-1-3-8-13)16-11-6-12-17-18(16)14-9-4-5-10-15(14)20(22)23-17/h1-12H. The first-order valence-corrected chi connectivity index (χ1v) is 7.30. The molecule has 0 unspecified atom stereocenters. The summed E-state index contributed by atoms with van der Waals surface area (Å²) >= 11 is 0. The van der Waals surface area contributed by atoms with Crippen LogP contribution in [0.4, 0.5) is 0 Å².